The highest BCUT2D eigenvalue weighted by atomic mass is 16.5. The molecule has 0 radical (unpaired) electrons. The lowest BCUT2D eigenvalue weighted by atomic mass is 10.1. The van der Waals surface area contributed by atoms with E-state index in [0.29, 0.717) is 0 Å². The number of ether oxygens (including phenoxy) is 2. The number of aliphatic imine (C=N–C) groups is 1. The van der Waals surface area contributed by atoms with E-state index in [1.165, 1.54) is 11.1 Å². The minimum atomic E-state index is 0.774. The molecule has 0 spiro atoms. The highest BCUT2D eigenvalue weighted by molar-refractivity contribution is 5.79. The monoisotopic (exact) mass is 428 g/mol. The van der Waals surface area contributed by atoms with Crippen molar-refractivity contribution in [2.24, 2.45) is 4.99 Å². The van der Waals surface area contributed by atoms with Crippen molar-refractivity contribution in [3.8, 4) is 5.75 Å². The van der Waals surface area contributed by atoms with Crippen LogP contribution in [0.3, 0.4) is 0 Å². The van der Waals surface area contributed by atoms with Crippen molar-refractivity contribution in [2.45, 2.75) is 26.2 Å². The van der Waals surface area contributed by atoms with E-state index in [0.717, 1.165) is 89.2 Å². The molecule has 1 aliphatic rings. The van der Waals surface area contributed by atoms with Crippen LogP contribution in [-0.4, -0.2) is 70.5 Å². The fourth-order valence-corrected chi connectivity index (χ4v) is 3.66. The van der Waals surface area contributed by atoms with Gasteiger partial charge in [-0.1, -0.05) is 17.7 Å². The van der Waals surface area contributed by atoms with Crippen LogP contribution in [0.15, 0.2) is 46.0 Å². The van der Waals surface area contributed by atoms with Gasteiger partial charge in [0, 0.05) is 45.7 Å². The summed E-state index contributed by atoms with van der Waals surface area (Å²) in [6, 6.07) is 10.2. The second-order valence-corrected chi connectivity index (χ2v) is 7.79. The van der Waals surface area contributed by atoms with E-state index in [-0.39, 0.29) is 0 Å². The summed E-state index contributed by atoms with van der Waals surface area (Å²) in [6.07, 6.45) is 4.45. The van der Waals surface area contributed by atoms with Crippen LogP contribution in [0.25, 0.3) is 0 Å². The minimum Gasteiger partial charge on any atom is -0.496 e. The van der Waals surface area contributed by atoms with Gasteiger partial charge in [-0.15, -0.1) is 0 Å². The predicted octanol–water partition coefficient (Wildman–Crippen LogP) is 2.64. The Kier molecular flexibility index (Phi) is 9.73. The third-order valence-electron chi connectivity index (χ3n) is 5.37. The van der Waals surface area contributed by atoms with Gasteiger partial charge in [-0.25, -0.2) is 0 Å². The van der Waals surface area contributed by atoms with Crippen LogP contribution in [0, 0.1) is 6.92 Å². The van der Waals surface area contributed by atoms with Gasteiger partial charge in [0.25, 0.3) is 0 Å². The third-order valence-corrected chi connectivity index (χ3v) is 5.37. The number of methoxy groups -OCH3 is 1. The largest absolute Gasteiger partial charge is 0.496 e. The number of hydrogen-bond donors (Lipinski definition) is 2. The summed E-state index contributed by atoms with van der Waals surface area (Å²) in [7, 11) is 1.72. The van der Waals surface area contributed by atoms with Crippen LogP contribution >= 0.6 is 0 Å². The lowest BCUT2D eigenvalue weighted by Gasteiger charge is -2.26. The number of benzene rings is 1. The summed E-state index contributed by atoms with van der Waals surface area (Å²) in [4.78, 5) is 7.24. The molecule has 3 rings (SSSR count). The quantitative estimate of drug-likeness (QED) is 0.326. The first kappa shape index (κ1) is 23.2. The molecule has 1 aromatic carbocycles. The molecule has 2 aromatic rings. The lowest BCUT2D eigenvalue weighted by Crippen LogP contribution is -2.40. The van der Waals surface area contributed by atoms with E-state index in [4.69, 9.17) is 18.9 Å². The SMILES string of the molecule is COc1ccc(C)cc1CCNC(=NCCCN1CCOCC1)NCCc1ccco1. The van der Waals surface area contributed by atoms with Crippen molar-refractivity contribution in [1.82, 2.24) is 15.5 Å². The van der Waals surface area contributed by atoms with Crippen LogP contribution in [0.2, 0.25) is 0 Å². The zero-order chi connectivity index (χ0) is 21.7. The molecular formula is C24H36N4O3. The highest BCUT2D eigenvalue weighted by Crippen LogP contribution is 2.19. The number of nitrogens with one attached hydrogen (secondary N) is 2. The van der Waals surface area contributed by atoms with E-state index >= 15 is 0 Å². The Bertz CT molecular complexity index is 786. The summed E-state index contributed by atoms with van der Waals surface area (Å²) in [6.45, 7) is 9.25. The van der Waals surface area contributed by atoms with Gasteiger partial charge >= 0.3 is 0 Å². The number of guanidine groups is 1. The number of hydrogen-bond acceptors (Lipinski definition) is 5. The van der Waals surface area contributed by atoms with Gasteiger partial charge in [0.1, 0.15) is 11.5 Å². The highest BCUT2D eigenvalue weighted by Gasteiger charge is 2.09. The van der Waals surface area contributed by atoms with Gasteiger partial charge < -0.3 is 24.5 Å². The van der Waals surface area contributed by atoms with E-state index in [2.05, 4.69) is 34.6 Å². The van der Waals surface area contributed by atoms with Gasteiger partial charge in [-0.3, -0.25) is 9.89 Å². The number of morpholine rings is 1. The summed E-state index contributed by atoms with van der Waals surface area (Å²) in [5.41, 5.74) is 2.45. The van der Waals surface area contributed by atoms with E-state index in [1.807, 2.05) is 18.2 Å². The Morgan fingerprint density at radius 2 is 1.94 bits per heavy atom. The zero-order valence-corrected chi connectivity index (χ0v) is 18.9. The maximum atomic E-state index is 5.50. The maximum Gasteiger partial charge on any atom is 0.191 e. The molecule has 1 aliphatic heterocycles. The van der Waals surface area contributed by atoms with E-state index in [1.54, 1.807) is 13.4 Å². The molecule has 1 fully saturated rings. The Morgan fingerprint density at radius 3 is 2.68 bits per heavy atom. The molecule has 7 heteroatoms. The van der Waals surface area contributed by atoms with Crippen LogP contribution in [-0.2, 0) is 17.6 Å². The number of nitrogens with zero attached hydrogens (tertiary/aromatic N) is 2. The molecule has 0 aliphatic carbocycles. The first-order chi connectivity index (χ1) is 15.2. The van der Waals surface area contributed by atoms with E-state index < -0.39 is 0 Å². The molecule has 2 heterocycles. The van der Waals surface area contributed by atoms with Crippen LogP contribution in [0.5, 0.6) is 5.75 Å². The van der Waals surface area contributed by atoms with Crippen LogP contribution in [0.1, 0.15) is 23.3 Å². The van der Waals surface area contributed by atoms with Crippen LogP contribution < -0.4 is 15.4 Å². The average Bonchev–Trinajstić information content (AvgIpc) is 3.31. The van der Waals surface area contributed by atoms with Gasteiger partial charge in [0.15, 0.2) is 5.96 Å². The fraction of sp³-hybridized carbons (Fsp3) is 0.542. The lowest BCUT2D eigenvalue weighted by molar-refractivity contribution is 0.0377. The summed E-state index contributed by atoms with van der Waals surface area (Å²) in [5.74, 6) is 2.76. The topological polar surface area (TPSA) is 71.3 Å². The average molecular weight is 429 g/mol. The molecule has 31 heavy (non-hydrogen) atoms. The van der Waals surface area contributed by atoms with E-state index in [9.17, 15) is 0 Å². The first-order valence-electron chi connectivity index (χ1n) is 11.2. The molecular weight excluding hydrogens is 392 g/mol. The van der Waals surface area contributed by atoms with Crippen molar-refractivity contribution in [1.29, 1.82) is 0 Å². The number of furan rings is 1. The first-order valence-corrected chi connectivity index (χ1v) is 11.2. The molecule has 170 valence electrons. The van der Waals surface area contributed by atoms with Gasteiger partial charge in [0.2, 0.25) is 0 Å². The van der Waals surface area contributed by atoms with Crippen molar-refractivity contribution in [2.75, 3.05) is 59.6 Å². The zero-order valence-electron chi connectivity index (χ0n) is 18.9. The normalized spacial score (nSPS) is 15.1. The molecule has 1 saturated heterocycles. The smallest absolute Gasteiger partial charge is 0.191 e. The molecule has 2 N–H and O–H groups in total. The molecule has 0 atom stereocenters. The molecule has 0 amide bonds. The Labute approximate surface area is 185 Å². The van der Waals surface area contributed by atoms with Crippen molar-refractivity contribution in [3.05, 3.63) is 53.5 Å². The molecule has 0 unspecified atom stereocenters. The Morgan fingerprint density at radius 1 is 1.13 bits per heavy atom. The summed E-state index contributed by atoms with van der Waals surface area (Å²) < 4.78 is 16.3. The maximum absolute atomic E-state index is 5.50. The van der Waals surface area contributed by atoms with Crippen molar-refractivity contribution in [3.63, 3.8) is 0 Å². The summed E-state index contributed by atoms with van der Waals surface area (Å²) in [5, 5.41) is 6.91. The molecule has 7 nitrogen and oxygen atoms in total. The van der Waals surface area contributed by atoms with Crippen molar-refractivity contribution < 1.29 is 13.9 Å². The van der Waals surface area contributed by atoms with Gasteiger partial charge in [0.05, 0.1) is 26.6 Å². The number of rotatable bonds is 11. The molecule has 1 aromatic heterocycles. The second-order valence-electron chi connectivity index (χ2n) is 7.79. The molecule has 0 bridgehead atoms. The minimum absolute atomic E-state index is 0.774. The van der Waals surface area contributed by atoms with Crippen LogP contribution in [0.4, 0.5) is 0 Å². The Hall–Kier alpha value is -2.51. The molecule has 0 saturated carbocycles. The standard InChI is InChI=1S/C24H36N4O3/c1-20-6-7-23(29-2)21(19-20)8-11-26-24(27-12-9-22-5-3-16-31-22)25-10-4-13-28-14-17-30-18-15-28/h3,5-7,16,19H,4,8-15,17-18H2,1-2H3,(H2,25,26,27). The third kappa shape index (κ3) is 8.26. The number of aryl methyl sites for hydroxylation is 1. The summed E-state index contributed by atoms with van der Waals surface area (Å²) >= 11 is 0. The van der Waals surface area contributed by atoms with Gasteiger partial charge in [-0.05, 0) is 43.5 Å². The Balaban J connectivity index is 1.48. The fourth-order valence-electron chi connectivity index (χ4n) is 3.66. The van der Waals surface area contributed by atoms with Gasteiger partial charge in [-0.2, -0.15) is 0 Å². The second kappa shape index (κ2) is 13.0. The predicted molar refractivity (Wildman–Crippen MR) is 124 cm³/mol. The van der Waals surface area contributed by atoms with Crippen molar-refractivity contribution >= 4 is 5.96 Å².